The van der Waals surface area contributed by atoms with Crippen molar-refractivity contribution in [2.24, 2.45) is 0 Å². The Morgan fingerprint density at radius 3 is 2.39 bits per heavy atom. The lowest BCUT2D eigenvalue weighted by Gasteiger charge is -1.91. The third kappa shape index (κ3) is 3.01. The zero-order chi connectivity index (χ0) is 13.9. The Bertz CT molecular complexity index is 657. The van der Waals surface area contributed by atoms with E-state index in [0.717, 1.165) is 6.07 Å². The lowest BCUT2D eigenvalue weighted by molar-refractivity contribution is -0.742. The summed E-state index contributed by atoms with van der Waals surface area (Å²) in [5, 5.41) is 24.0. The average molecular weight is 261 g/mol. The van der Waals surface area contributed by atoms with Crippen molar-refractivity contribution >= 4 is 16.8 Å². The van der Waals surface area contributed by atoms with Crippen molar-refractivity contribution in [1.29, 1.82) is 0 Å². The predicted octanol–water partition coefficient (Wildman–Crippen LogP) is 0.821. The largest absolute Gasteiger partial charge is 0.417 e. The zero-order valence-corrected chi connectivity index (χ0v) is 8.32. The van der Waals surface area contributed by atoms with E-state index in [1.807, 2.05) is 0 Å². The van der Waals surface area contributed by atoms with E-state index in [-0.39, 0.29) is 11.1 Å². The summed E-state index contributed by atoms with van der Waals surface area (Å²) < 4.78 is 17.6. The van der Waals surface area contributed by atoms with Crippen LogP contribution in [0.5, 0.6) is 0 Å². The molecule has 0 bridgehead atoms. The number of oxazole rings is 1. The average Bonchev–Trinajstić information content (AvgIpc) is 2.58. The minimum atomic E-state index is -1.50. The highest BCUT2D eigenvalue weighted by molar-refractivity contribution is 5.75. The van der Waals surface area contributed by atoms with Crippen LogP contribution in [0, 0.1) is 26.0 Å². The van der Waals surface area contributed by atoms with Crippen molar-refractivity contribution in [1.82, 2.24) is 4.98 Å². The highest BCUT2D eigenvalue weighted by Crippen LogP contribution is 2.21. The molecule has 10 nitrogen and oxygen atoms in total. The van der Waals surface area contributed by atoms with Gasteiger partial charge in [0.1, 0.15) is 5.52 Å². The van der Waals surface area contributed by atoms with E-state index >= 15 is 0 Å². The van der Waals surface area contributed by atoms with Gasteiger partial charge in [0.05, 0.1) is 17.1 Å². The Kier molecular flexibility index (Phi) is 3.56. The molecule has 1 aromatic carbocycles. The first-order chi connectivity index (χ1) is 8.31. The summed E-state index contributed by atoms with van der Waals surface area (Å²) in [6, 6.07) is 1.70. The quantitative estimate of drug-likeness (QED) is 0.568. The number of nitro groups is 1. The number of aromatic nitrogens is 1. The van der Waals surface area contributed by atoms with E-state index in [9.17, 15) is 19.3 Å². The molecule has 0 aliphatic rings. The van der Waals surface area contributed by atoms with E-state index in [4.69, 9.17) is 15.3 Å². The van der Waals surface area contributed by atoms with E-state index in [1.54, 1.807) is 0 Å². The van der Waals surface area contributed by atoms with E-state index in [0.29, 0.717) is 6.07 Å². The monoisotopic (exact) mass is 261 g/mol. The van der Waals surface area contributed by atoms with Gasteiger partial charge in [-0.1, -0.05) is 0 Å². The van der Waals surface area contributed by atoms with Crippen molar-refractivity contribution in [3.05, 3.63) is 48.7 Å². The summed E-state index contributed by atoms with van der Waals surface area (Å²) in [5.74, 6) is -1.74. The van der Waals surface area contributed by atoms with Crippen LogP contribution in [0.25, 0.3) is 11.1 Å². The molecule has 96 valence electrons. The molecule has 0 aliphatic carbocycles. The number of H-pyrrole nitrogens is 1. The first-order valence-electron chi connectivity index (χ1n) is 4.11. The van der Waals surface area contributed by atoms with E-state index in [1.165, 1.54) is 0 Å². The van der Waals surface area contributed by atoms with Crippen molar-refractivity contribution < 1.29 is 24.0 Å². The molecule has 11 heteroatoms. The van der Waals surface area contributed by atoms with Gasteiger partial charge in [0, 0.05) is 0 Å². The molecule has 1 heterocycles. The number of nitro benzene ring substituents is 1. The Morgan fingerprint density at radius 1 is 1.33 bits per heavy atom. The van der Waals surface area contributed by atoms with Crippen LogP contribution >= 0.6 is 0 Å². The van der Waals surface area contributed by atoms with Crippen LogP contribution in [0.3, 0.4) is 0 Å². The molecule has 0 aliphatic heterocycles. The lowest BCUT2D eigenvalue weighted by atomic mass is 10.3. The van der Waals surface area contributed by atoms with Crippen LogP contribution in [0.15, 0.2) is 21.3 Å². The van der Waals surface area contributed by atoms with Crippen molar-refractivity contribution in [2.45, 2.75) is 0 Å². The highest BCUT2D eigenvalue weighted by Gasteiger charge is 2.14. The number of rotatable bonds is 1. The van der Waals surface area contributed by atoms with Gasteiger partial charge < -0.3 is 9.62 Å². The van der Waals surface area contributed by atoms with Crippen molar-refractivity contribution in [3.63, 3.8) is 0 Å². The van der Waals surface area contributed by atoms with Crippen LogP contribution < -0.4 is 5.76 Å². The standard InChI is InChI=1S/C7H3FN2O4.HNO3/c8-4-1-3(10(12)13)2-5-6(4)9-7(11)14-5;2-1(3)4/h1-2H,(H,9,11);(H,2,3,4). The van der Waals surface area contributed by atoms with Gasteiger partial charge in [-0.3, -0.25) is 15.1 Å². The van der Waals surface area contributed by atoms with Crippen LogP contribution in [0.1, 0.15) is 0 Å². The SMILES string of the molecule is O=[N+]([O-])O.O=c1[nH]c2c(F)cc([N+](=O)[O-])cc2o1. The van der Waals surface area contributed by atoms with E-state index in [2.05, 4.69) is 9.40 Å². The second-order valence-electron chi connectivity index (χ2n) is 2.81. The minimum absolute atomic E-state index is 0.165. The van der Waals surface area contributed by atoms with Gasteiger partial charge in [0.2, 0.25) is 0 Å². The molecule has 2 aromatic rings. The van der Waals surface area contributed by atoms with Crippen LogP contribution in [0.2, 0.25) is 0 Å². The lowest BCUT2D eigenvalue weighted by Crippen LogP contribution is -1.93. The van der Waals surface area contributed by atoms with Crippen molar-refractivity contribution in [3.8, 4) is 0 Å². The second kappa shape index (κ2) is 4.90. The number of aromatic amines is 1. The van der Waals surface area contributed by atoms with Gasteiger partial charge in [-0.25, -0.2) is 9.18 Å². The molecule has 0 saturated heterocycles. The number of hydrogen-bond donors (Lipinski definition) is 2. The maximum atomic E-state index is 13.1. The third-order valence-electron chi connectivity index (χ3n) is 1.68. The Labute approximate surface area is 95.5 Å². The Morgan fingerprint density at radius 2 is 1.89 bits per heavy atom. The topological polar surface area (TPSA) is 153 Å². The second-order valence-corrected chi connectivity index (χ2v) is 2.81. The smallest absolute Gasteiger partial charge is 0.407 e. The molecule has 1 aromatic heterocycles. The van der Waals surface area contributed by atoms with E-state index < -0.39 is 27.3 Å². The zero-order valence-electron chi connectivity index (χ0n) is 8.32. The van der Waals surface area contributed by atoms with Crippen molar-refractivity contribution in [2.75, 3.05) is 0 Å². The van der Waals surface area contributed by atoms with Gasteiger partial charge in [0.25, 0.3) is 10.8 Å². The van der Waals surface area contributed by atoms with Gasteiger partial charge in [-0.05, 0) is 0 Å². The predicted molar refractivity (Wildman–Crippen MR) is 52.2 cm³/mol. The maximum Gasteiger partial charge on any atom is 0.417 e. The molecule has 2 N–H and O–H groups in total. The van der Waals surface area contributed by atoms with Crippen LogP contribution in [-0.2, 0) is 0 Å². The Balaban J connectivity index is 0.000000357. The Hall–Kier alpha value is -2.98. The fourth-order valence-electron chi connectivity index (χ4n) is 1.10. The molecule has 0 fully saturated rings. The molecule has 0 saturated carbocycles. The number of benzene rings is 1. The summed E-state index contributed by atoms with van der Waals surface area (Å²) in [6.07, 6.45) is 0. The van der Waals surface area contributed by atoms with Gasteiger partial charge in [0.15, 0.2) is 11.4 Å². The fourth-order valence-corrected chi connectivity index (χ4v) is 1.10. The van der Waals surface area contributed by atoms with Gasteiger partial charge >= 0.3 is 5.76 Å². The molecule has 0 unspecified atom stereocenters. The molecule has 0 atom stereocenters. The number of hydrogen-bond acceptors (Lipinski definition) is 6. The van der Waals surface area contributed by atoms with Gasteiger partial charge in [-0.15, -0.1) is 10.1 Å². The molecule has 0 amide bonds. The third-order valence-corrected chi connectivity index (χ3v) is 1.68. The highest BCUT2D eigenvalue weighted by atomic mass is 19.1. The molecule has 0 spiro atoms. The number of non-ortho nitro benzene ring substituents is 1. The summed E-state index contributed by atoms with van der Waals surface area (Å²) in [6.45, 7) is 0. The maximum absolute atomic E-state index is 13.1. The number of nitrogens with zero attached hydrogens (tertiary/aromatic N) is 2. The molecular formula is C7H4FN3O7. The molecule has 18 heavy (non-hydrogen) atoms. The summed E-state index contributed by atoms with van der Waals surface area (Å²) >= 11 is 0. The molecular weight excluding hydrogens is 257 g/mol. The van der Waals surface area contributed by atoms with Gasteiger partial charge in [-0.2, -0.15) is 0 Å². The molecule has 0 radical (unpaired) electrons. The minimum Gasteiger partial charge on any atom is -0.407 e. The normalized spacial score (nSPS) is 9.61. The number of halogens is 1. The molecule has 2 rings (SSSR count). The number of nitrogens with one attached hydrogen (secondary N) is 1. The first kappa shape index (κ1) is 13.1. The summed E-state index contributed by atoms with van der Waals surface area (Å²) in [5.41, 5.74) is -0.792. The summed E-state index contributed by atoms with van der Waals surface area (Å²) in [4.78, 5) is 30.6. The fraction of sp³-hybridized carbons (Fsp3) is 0. The summed E-state index contributed by atoms with van der Waals surface area (Å²) in [7, 11) is 0. The number of fused-ring (bicyclic) bond motifs is 1. The van der Waals surface area contributed by atoms with Crippen LogP contribution in [-0.4, -0.2) is 20.2 Å². The van der Waals surface area contributed by atoms with Crippen LogP contribution in [0.4, 0.5) is 10.1 Å². The first-order valence-corrected chi connectivity index (χ1v) is 4.11.